The van der Waals surface area contributed by atoms with Gasteiger partial charge in [0.05, 0.1) is 91.5 Å². The Kier molecular flexibility index (Phi) is 30.7. The second kappa shape index (κ2) is 40.5. The maximum Gasteiger partial charge on any atom is 0.475 e. The van der Waals surface area contributed by atoms with Gasteiger partial charge in [0, 0.05) is 4.90 Å². The Balaban J connectivity index is 0.000000182. The molecule has 2 saturated carbocycles. The lowest BCUT2D eigenvalue weighted by molar-refractivity contribution is -0.326. The number of aliphatic hydroxyl groups excluding tert-OH is 1. The fraction of sp³-hybridized carbons (Fsp3) is 0.462. The van der Waals surface area contributed by atoms with Gasteiger partial charge < -0.3 is 47.7 Å². The molecule has 6 aliphatic rings. The Hall–Kier alpha value is -5.29. The van der Waals surface area contributed by atoms with E-state index in [0.29, 0.717) is 39.3 Å². The summed E-state index contributed by atoms with van der Waals surface area (Å²) in [6, 6.07) is 69.6. The minimum atomic E-state index is -3.92. The molecule has 0 spiro atoms. The molecule has 4 aliphatic heterocycles. The van der Waals surface area contributed by atoms with Gasteiger partial charge >= 0.3 is 15.6 Å². The maximum absolute atomic E-state index is 13.8. The highest BCUT2D eigenvalue weighted by molar-refractivity contribution is 7.99. The van der Waals surface area contributed by atoms with Crippen LogP contribution >= 0.6 is 27.4 Å². The Labute approximate surface area is 588 Å². The summed E-state index contributed by atoms with van der Waals surface area (Å²) >= 11 is 1.46. The monoisotopic (exact) mass is 1410 g/mol. The molecule has 0 radical (unpaired) electrons. The summed E-state index contributed by atoms with van der Waals surface area (Å²) in [5, 5.41) is 8.91. The average molecular weight is 1420 g/mol. The maximum atomic E-state index is 13.8. The molecule has 6 fully saturated rings. The normalized spacial score (nSPS) is 25.6. The molecule has 4 saturated heterocycles. The van der Waals surface area contributed by atoms with E-state index in [0.717, 1.165) is 76.8 Å². The first-order chi connectivity index (χ1) is 48.7. The summed E-state index contributed by atoms with van der Waals surface area (Å²) in [6.07, 6.45) is 5.69. The molecule has 18 nitrogen and oxygen atoms in total. The zero-order valence-corrected chi connectivity index (χ0v) is 58.9. The van der Waals surface area contributed by atoms with Crippen LogP contribution in [0.5, 0.6) is 0 Å². The standard InChI is InChI=1S/C36H45O9P.C36H39O8PS.C6H12O/c37-46(41-22-13-23-42-46)45-35-34(40-26-30-18-9-3-10-19-30)33(39-25-29-16-7-2-8-17-29)32(27-38-24-28-14-5-1-6-15-28)44-36(35)43-31-20-11-4-12-21-31;37-45(41-22-13-23-42-45)44-35-34(40-26-30-18-9-3-10-19-30)33(39-25-29-16-7-2-8-17-29)32(27-38-24-28-14-5-1-6-15-28)43-36(35)46-31-20-11-4-12-21-31;7-6-4-2-1-3-5-6/h1-3,5-10,14-19,31-36H,4,11-13,20-27H2;1-12,14-21,32-36H,13,22-27H2;6-7H,1-5H2. The molecule has 532 valence electrons. The first kappa shape index (κ1) is 74.9. The number of aliphatic hydroxyl groups is 1. The van der Waals surface area contributed by atoms with Gasteiger partial charge in [-0.2, -0.15) is 0 Å². The number of hydrogen-bond donors (Lipinski definition) is 1. The van der Waals surface area contributed by atoms with Crippen LogP contribution in [-0.2, 0) is 119 Å². The SMILES string of the molecule is O=P1(OC2C(OC3CCCCC3)OC(COCc3ccccc3)C(OCc3ccccc3)C2OCc2ccccc2)OCCCO1.O=P1(OC2C(Sc3ccccc3)OC(COCc3ccccc3)C(OCc3ccccc3)C2OCc2ccccc2)OCCCO1.OC1CCCCC1. The van der Waals surface area contributed by atoms with Crippen molar-refractivity contribution in [2.75, 3.05) is 39.6 Å². The first-order valence-electron chi connectivity index (χ1n) is 35.1. The summed E-state index contributed by atoms with van der Waals surface area (Å²) in [7, 11) is -7.82. The molecule has 21 heteroatoms. The molecular formula is C78H96O18P2S. The number of hydrogen-bond acceptors (Lipinski definition) is 19. The van der Waals surface area contributed by atoms with E-state index in [9.17, 15) is 9.13 Å². The van der Waals surface area contributed by atoms with Gasteiger partial charge in [-0.25, -0.2) is 9.13 Å². The molecule has 99 heavy (non-hydrogen) atoms. The van der Waals surface area contributed by atoms with Crippen molar-refractivity contribution in [1.29, 1.82) is 0 Å². The summed E-state index contributed by atoms with van der Waals surface area (Å²) in [4.78, 5) is 0.958. The molecule has 7 aromatic carbocycles. The summed E-state index contributed by atoms with van der Waals surface area (Å²) < 4.78 is 122. The fourth-order valence-electron chi connectivity index (χ4n) is 12.5. The van der Waals surface area contributed by atoms with Crippen LogP contribution in [0, 0.1) is 0 Å². The molecule has 4 heterocycles. The highest BCUT2D eigenvalue weighted by Gasteiger charge is 2.54. The number of phosphoric acid groups is 2. The third-order valence-electron chi connectivity index (χ3n) is 17.6. The largest absolute Gasteiger partial charge is 0.475 e. The van der Waals surface area contributed by atoms with Gasteiger partial charge in [0.25, 0.3) is 0 Å². The molecule has 0 aromatic heterocycles. The summed E-state index contributed by atoms with van der Waals surface area (Å²) in [6.45, 7) is 3.56. The predicted octanol–water partition coefficient (Wildman–Crippen LogP) is 16.5. The van der Waals surface area contributed by atoms with E-state index in [-0.39, 0.29) is 65.1 Å². The Bertz CT molecular complexity index is 3400. The Morgan fingerprint density at radius 1 is 0.364 bits per heavy atom. The van der Waals surface area contributed by atoms with E-state index >= 15 is 0 Å². The predicted molar refractivity (Wildman–Crippen MR) is 377 cm³/mol. The van der Waals surface area contributed by atoms with Crippen molar-refractivity contribution in [3.05, 3.63) is 246 Å². The number of ether oxygens (including phenoxy) is 9. The fourth-order valence-corrected chi connectivity index (χ4v) is 16.5. The number of rotatable bonds is 28. The number of phosphoric ester groups is 2. The zero-order chi connectivity index (χ0) is 68.0. The van der Waals surface area contributed by atoms with Gasteiger partial charge in [-0.05, 0) is 84.0 Å². The van der Waals surface area contributed by atoms with Gasteiger partial charge in [-0.15, -0.1) is 0 Å². The van der Waals surface area contributed by atoms with E-state index < -0.39 is 76.2 Å². The van der Waals surface area contributed by atoms with Crippen molar-refractivity contribution < 1.29 is 84.0 Å². The molecule has 10 unspecified atom stereocenters. The van der Waals surface area contributed by atoms with Crippen molar-refractivity contribution >= 4 is 27.4 Å². The lowest BCUT2D eigenvalue weighted by atomic mass is 9.96. The molecule has 0 amide bonds. The van der Waals surface area contributed by atoms with Gasteiger partial charge in [-0.3, -0.25) is 27.1 Å². The van der Waals surface area contributed by atoms with Gasteiger partial charge in [0.2, 0.25) is 0 Å². The highest BCUT2D eigenvalue weighted by atomic mass is 32.2. The quantitative estimate of drug-likeness (QED) is 0.0455. The topological polar surface area (TPSA) is 193 Å². The van der Waals surface area contributed by atoms with Crippen LogP contribution in [0.2, 0.25) is 0 Å². The second-order valence-electron chi connectivity index (χ2n) is 25.3. The van der Waals surface area contributed by atoms with Crippen LogP contribution in [0.4, 0.5) is 0 Å². The zero-order valence-electron chi connectivity index (χ0n) is 56.3. The van der Waals surface area contributed by atoms with Crippen molar-refractivity contribution in [2.24, 2.45) is 0 Å². The van der Waals surface area contributed by atoms with E-state index in [1.54, 1.807) is 0 Å². The molecular weight excluding hydrogens is 1320 g/mol. The van der Waals surface area contributed by atoms with Crippen LogP contribution in [0.3, 0.4) is 0 Å². The Morgan fingerprint density at radius 3 is 1.08 bits per heavy atom. The van der Waals surface area contributed by atoms with Crippen LogP contribution in [0.25, 0.3) is 0 Å². The van der Waals surface area contributed by atoms with Crippen molar-refractivity contribution in [1.82, 2.24) is 0 Å². The van der Waals surface area contributed by atoms with Crippen LogP contribution in [-0.4, -0.2) is 118 Å². The highest BCUT2D eigenvalue weighted by Crippen LogP contribution is 2.57. The Morgan fingerprint density at radius 2 is 0.697 bits per heavy atom. The number of benzene rings is 7. The summed E-state index contributed by atoms with van der Waals surface area (Å²) in [5.74, 6) is 0. The smallest absolute Gasteiger partial charge is 0.393 e. The molecule has 7 aromatic rings. The van der Waals surface area contributed by atoms with Crippen LogP contribution in [0.15, 0.2) is 217 Å². The van der Waals surface area contributed by atoms with Crippen molar-refractivity contribution in [3.8, 4) is 0 Å². The van der Waals surface area contributed by atoms with Gasteiger partial charge in [-0.1, -0.05) is 250 Å². The van der Waals surface area contributed by atoms with Crippen molar-refractivity contribution in [3.63, 3.8) is 0 Å². The van der Waals surface area contributed by atoms with E-state index in [2.05, 4.69) is 0 Å². The van der Waals surface area contributed by atoms with E-state index in [4.69, 9.17) is 74.9 Å². The minimum absolute atomic E-state index is 0.0265. The van der Waals surface area contributed by atoms with Gasteiger partial charge in [0.1, 0.15) is 54.3 Å². The number of thioether (sulfide) groups is 1. The molecule has 2 aliphatic carbocycles. The van der Waals surface area contributed by atoms with Gasteiger partial charge in [0.15, 0.2) is 6.29 Å². The lowest BCUT2D eigenvalue weighted by Gasteiger charge is -2.47. The second-order valence-corrected chi connectivity index (χ2v) is 29.7. The summed E-state index contributed by atoms with van der Waals surface area (Å²) in [5.41, 5.74) is 5.42. The molecule has 1 N–H and O–H groups in total. The van der Waals surface area contributed by atoms with Crippen LogP contribution in [0.1, 0.15) is 110 Å². The third-order valence-corrected chi connectivity index (χ3v) is 21.8. The lowest BCUT2D eigenvalue weighted by Crippen LogP contribution is -2.62. The molecule has 13 rings (SSSR count). The average Bonchev–Trinajstić information content (AvgIpc) is 0.782. The first-order valence-corrected chi connectivity index (χ1v) is 38.9. The van der Waals surface area contributed by atoms with Crippen LogP contribution < -0.4 is 0 Å². The minimum Gasteiger partial charge on any atom is -0.393 e. The van der Waals surface area contributed by atoms with Crippen molar-refractivity contribution in [2.45, 2.75) is 194 Å². The molecule has 10 atom stereocenters. The van der Waals surface area contributed by atoms with E-state index in [1.807, 2.05) is 212 Å². The third kappa shape index (κ3) is 24.4. The molecule has 0 bridgehead atoms. The van der Waals surface area contributed by atoms with E-state index in [1.165, 1.54) is 37.4 Å².